The number of hydrogen-bond donors (Lipinski definition) is 1. The molecule has 106 valence electrons. The highest BCUT2D eigenvalue weighted by molar-refractivity contribution is 5.30. The summed E-state index contributed by atoms with van der Waals surface area (Å²) in [4.78, 5) is 2.48. The van der Waals surface area contributed by atoms with E-state index in [4.69, 9.17) is 10.5 Å². The van der Waals surface area contributed by atoms with Crippen molar-refractivity contribution in [3.05, 3.63) is 29.8 Å². The number of nitrogens with two attached hydrogens (primary N) is 1. The van der Waals surface area contributed by atoms with Crippen LogP contribution in [0.15, 0.2) is 24.3 Å². The number of nitrogens with zero attached hydrogens (tertiary/aromatic N) is 1. The molecule has 0 spiro atoms. The van der Waals surface area contributed by atoms with Gasteiger partial charge in [0.05, 0.1) is 6.61 Å². The number of likely N-dealkylation sites (tertiary alicyclic amines) is 1. The van der Waals surface area contributed by atoms with Gasteiger partial charge in [-0.1, -0.05) is 12.1 Å². The highest BCUT2D eigenvalue weighted by Crippen LogP contribution is 2.28. The quantitative estimate of drug-likeness (QED) is 0.906. The minimum absolute atomic E-state index is 0.285. The summed E-state index contributed by atoms with van der Waals surface area (Å²) in [7, 11) is 0. The molecular formula is C16H26N2O. The van der Waals surface area contributed by atoms with Gasteiger partial charge in [-0.3, -0.25) is 4.90 Å². The number of hydrogen-bond acceptors (Lipinski definition) is 3. The normalized spacial score (nSPS) is 24.7. The van der Waals surface area contributed by atoms with Crippen LogP contribution in [0.2, 0.25) is 0 Å². The van der Waals surface area contributed by atoms with Gasteiger partial charge < -0.3 is 10.5 Å². The number of benzene rings is 1. The molecule has 19 heavy (non-hydrogen) atoms. The van der Waals surface area contributed by atoms with E-state index in [2.05, 4.69) is 43.0 Å². The zero-order valence-corrected chi connectivity index (χ0v) is 12.3. The molecule has 2 atom stereocenters. The standard InChI is InChI=1S/C16H26N2O/c1-4-19-16-7-5-13(6-8-16)14-9-15(17)11-18(10-14)12(2)3/h5-8,12,14-15H,4,9-11,17H2,1-3H3. The van der Waals surface area contributed by atoms with Crippen LogP contribution >= 0.6 is 0 Å². The van der Waals surface area contributed by atoms with E-state index in [-0.39, 0.29) is 6.04 Å². The lowest BCUT2D eigenvalue weighted by Crippen LogP contribution is -2.48. The topological polar surface area (TPSA) is 38.5 Å². The van der Waals surface area contributed by atoms with E-state index in [1.807, 2.05) is 6.92 Å². The molecule has 1 aromatic carbocycles. The summed E-state index contributed by atoms with van der Waals surface area (Å²) in [5, 5.41) is 0. The third-order valence-corrected chi connectivity index (χ3v) is 3.90. The van der Waals surface area contributed by atoms with E-state index < -0.39 is 0 Å². The SMILES string of the molecule is CCOc1ccc(C2CC(N)CN(C(C)C)C2)cc1. The van der Waals surface area contributed by atoms with E-state index in [0.29, 0.717) is 12.0 Å². The molecule has 0 bridgehead atoms. The van der Waals surface area contributed by atoms with Gasteiger partial charge >= 0.3 is 0 Å². The molecule has 0 aliphatic carbocycles. The molecule has 0 saturated carbocycles. The Morgan fingerprint density at radius 3 is 2.53 bits per heavy atom. The average Bonchev–Trinajstić information content (AvgIpc) is 2.39. The summed E-state index contributed by atoms with van der Waals surface area (Å²) < 4.78 is 5.49. The van der Waals surface area contributed by atoms with Crippen molar-refractivity contribution in [1.29, 1.82) is 0 Å². The molecule has 1 heterocycles. The van der Waals surface area contributed by atoms with E-state index in [0.717, 1.165) is 31.9 Å². The fraction of sp³-hybridized carbons (Fsp3) is 0.625. The van der Waals surface area contributed by atoms with Gasteiger partial charge in [0.25, 0.3) is 0 Å². The Kier molecular flexibility index (Phi) is 4.83. The molecule has 1 fully saturated rings. The van der Waals surface area contributed by atoms with Gasteiger partial charge in [0.2, 0.25) is 0 Å². The summed E-state index contributed by atoms with van der Waals surface area (Å²) >= 11 is 0. The smallest absolute Gasteiger partial charge is 0.119 e. The predicted molar refractivity (Wildman–Crippen MR) is 79.7 cm³/mol. The van der Waals surface area contributed by atoms with Crippen LogP contribution in [0.5, 0.6) is 5.75 Å². The van der Waals surface area contributed by atoms with Crippen LogP contribution < -0.4 is 10.5 Å². The monoisotopic (exact) mass is 262 g/mol. The van der Waals surface area contributed by atoms with Gasteiger partial charge in [-0.05, 0) is 50.8 Å². The van der Waals surface area contributed by atoms with Crippen LogP contribution in [-0.4, -0.2) is 36.7 Å². The lowest BCUT2D eigenvalue weighted by Gasteiger charge is -2.39. The van der Waals surface area contributed by atoms with Crippen LogP contribution in [0, 0.1) is 0 Å². The number of rotatable bonds is 4. The summed E-state index contributed by atoms with van der Waals surface area (Å²) in [6.45, 7) is 9.34. The zero-order valence-electron chi connectivity index (χ0n) is 12.3. The van der Waals surface area contributed by atoms with Crippen molar-refractivity contribution in [2.24, 2.45) is 5.73 Å². The van der Waals surface area contributed by atoms with Gasteiger partial charge in [0, 0.05) is 25.2 Å². The Morgan fingerprint density at radius 1 is 1.26 bits per heavy atom. The first kappa shape index (κ1) is 14.4. The second-order valence-corrected chi connectivity index (χ2v) is 5.74. The van der Waals surface area contributed by atoms with Gasteiger partial charge in [-0.2, -0.15) is 0 Å². The van der Waals surface area contributed by atoms with E-state index in [1.54, 1.807) is 0 Å². The summed E-state index contributed by atoms with van der Waals surface area (Å²) in [6, 6.07) is 9.36. The Labute approximate surface area is 116 Å². The van der Waals surface area contributed by atoms with Crippen molar-refractivity contribution in [3.63, 3.8) is 0 Å². The molecular weight excluding hydrogens is 236 g/mol. The van der Waals surface area contributed by atoms with Crippen molar-refractivity contribution in [2.75, 3.05) is 19.7 Å². The van der Waals surface area contributed by atoms with Crippen LogP contribution in [0.25, 0.3) is 0 Å². The second-order valence-electron chi connectivity index (χ2n) is 5.74. The third-order valence-electron chi connectivity index (χ3n) is 3.90. The van der Waals surface area contributed by atoms with Crippen molar-refractivity contribution in [1.82, 2.24) is 4.90 Å². The Morgan fingerprint density at radius 2 is 1.95 bits per heavy atom. The summed E-state index contributed by atoms with van der Waals surface area (Å²) in [5.74, 6) is 1.49. The van der Waals surface area contributed by atoms with E-state index >= 15 is 0 Å². The maximum atomic E-state index is 6.20. The van der Waals surface area contributed by atoms with Gasteiger partial charge in [-0.15, -0.1) is 0 Å². The van der Waals surface area contributed by atoms with Crippen LogP contribution in [0.3, 0.4) is 0 Å². The maximum absolute atomic E-state index is 6.20. The van der Waals surface area contributed by atoms with Crippen molar-refractivity contribution < 1.29 is 4.74 Å². The lowest BCUT2D eigenvalue weighted by atomic mass is 9.88. The first-order valence-electron chi connectivity index (χ1n) is 7.32. The molecule has 0 aromatic heterocycles. The highest BCUT2D eigenvalue weighted by Gasteiger charge is 2.27. The largest absolute Gasteiger partial charge is 0.494 e. The molecule has 1 aliphatic rings. The minimum Gasteiger partial charge on any atom is -0.494 e. The third kappa shape index (κ3) is 3.71. The first-order chi connectivity index (χ1) is 9.10. The Bertz CT molecular complexity index is 388. The minimum atomic E-state index is 0.285. The molecule has 2 rings (SSSR count). The molecule has 2 N–H and O–H groups in total. The molecule has 2 unspecified atom stereocenters. The van der Waals surface area contributed by atoms with Crippen LogP contribution in [0.1, 0.15) is 38.7 Å². The molecule has 3 heteroatoms. The maximum Gasteiger partial charge on any atom is 0.119 e. The van der Waals surface area contributed by atoms with Crippen LogP contribution in [0.4, 0.5) is 0 Å². The molecule has 1 aromatic rings. The van der Waals surface area contributed by atoms with Gasteiger partial charge in [0.15, 0.2) is 0 Å². The molecule has 3 nitrogen and oxygen atoms in total. The second kappa shape index (κ2) is 6.40. The molecule has 1 saturated heterocycles. The summed E-state index contributed by atoms with van der Waals surface area (Å²) in [6.07, 6.45) is 1.08. The number of piperidine rings is 1. The van der Waals surface area contributed by atoms with Gasteiger partial charge in [0.1, 0.15) is 5.75 Å². The first-order valence-corrected chi connectivity index (χ1v) is 7.32. The van der Waals surface area contributed by atoms with Crippen molar-refractivity contribution >= 4 is 0 Å². The average molecular weight is 262 g/mol. The molecule has 1 aliphatic heterocycles. The highest BCUT2D eigenvalue weighted by atomic mass is 16.5. The van der Waals surface area contributed by atoms with Crippen LogP contribution in [-0.2, 0) is 0 Å². The fourth-order valence-electron chi connectivity index (χ4n) is 2.84. The predicted octanol–water partition coefficient (Wildman–Crippen LogP) is 2.61. The molecule has 0 radical (unpaired) electrons. The van der Waals surface area contributed by atoms with E-state index in [1.165, 1.54) is 5.56 Å². The summed E-state index contributed by atoms with van der Waals surface area (Å²) in [5.41, 5.74) is 7.58. The Hall–Kier alpha value is -1.06. The van der Waals surface area contributed by atoms with Gasteiger partial charge in [-0.25, -0.2) is 0 Å². The fourth-order valence-corrected chi connectivity index (χ4v) is 2.84. The van der Waals surface area contributed by atoms with Crippen molar-refractivity contribution in [3.8, 4) is 5.75 Å². The van der Waals surface area contributed by atoms with Crippen molar-refractivity contribution in [2.45, 2.75) is 45.2 Å². The Balaban J connectivity index is 2.07. The van der Waals surface area contributed by atoms with E-state index in [9.17, 15) is 0 Å². The zero-order chi connectivity index (χ0) is 13.8. The lowest BCUT2D eigenvalue weighted by molar-refractivity contribution is 0.152. The number of ether oxygens (including phenoxy) is 1. The molecule has 0 amide bonds.